The fourth-order valence-electron chi connectivity index (χ4n) is 1.55. The fourth-order valence-corrected chi connectivity index (χ4v) is 1.55. The van der Waals surface area contributed by atoms with Gasteiger partial charge in [0.05, 0.1) is 0 Å². The van der Waals surface area contributed by atoms with Gasteiger partial charge in [-0.1, -0.05) is 0 Å². The third-order valence-electron chi connectivity index (χ3n) is 2.60. The van der Waals surface area contributed by atoms with Crippen LogP contribution in [0, 0.1) is 0 Å². The molecule has 0 saturated carbocycles. The molecule has 2 amide bonds. The lowest BCUT2D eigenvalue weighted by Gasteiger charge is -2.05. The van der Waals surface area contributed by atoms with Crippen molar-refractivity contribution in [3.05, 3.63) is 29.8 Å². The monoisotopic (exact) mass is 278 g/mol. The molecular formula is C14H18N2O4. The van der Waals surface area contributed by atoms with Gasteiger partial charge in [0.2, 0.25) is 0 Å². The van der Waals surface area contributed by atoms with Crippen molar-refractivity contribution < 1.29 is 19.1 Å². The van der Waals surface area contributed by atoms with Crippen LogP contribution < -0.4 is 15.8 Å². The molecule has 0 fully saturated rings. The Bertz CT molecular complexity index is 482. The topological polar surface area (TPSA) is 98.5 Å². The second kappa shape index (κ2) is 7.93. The van der Waals surface area contributed by atoms with Crippen LogP contribution in [0.2, 0.25) is 0 Å². The Kier molecular flexibility index (Phi) is 6.22. The first kappa shape index (κ1) is 15.7. The molecule has 0 spiro atoms. The summed E-state index contributed by atoms with van der Waals surface area (Å²) in [6.45, 7) is 1.91. The molecule has 20 heavy (non-hydrogen) atoms. The van der Waals surface area contributed by atoms with Crippen LogP contribution in [0.1, 0.15) is 36.5 Å². The molecule has 0 radical (unpaired) electrons. The summed E-state index contributed by atoms with van der Waals surface area (Å²) in [5.41, 5.74) is 5.48. The number of ether oxygens (including phenoxy) is 1. The number of urea groups is 1. The second-order valence-corrected chi connectivity index (χ2v) is 4.30. The summed E-state index contributed by atoms with van der Waals surface area (Å²) in [5.74, 6) is 0.0275. The minimum atomic E-state index is -0.571. The molecule has 3 N–H and O–H groups in total. The summed E-state index contributed by atoms with van der Waals surface area (Å²) in [4.78, 5) is 33.0. The van der Waals surface area contributed by atoms with E-state index in [2.05, 4.69) is 5.32 Å². The van der Waals surface area contributed by atoms with Gasteiger partial charge in [-0.2, -0.15) is 0 Å². The predicted octanol–water partition coefficient (Wildman–Crippen LogP) is 1.63. The zero-order valence-electron chi connectivity index (χ0n) is 11.3. The van der Waals surface area contributed by atoms with Crippen LogP contribution in [0.5, 0.6) is 5.75 Å². The number of benzene rings is 1. The average molecular weight is 278 g/mol. The molecule has 1 aromatic rings. The Balaban J connectivity index is 2.28. The van der Waals surface area contributed by atoms with Gasteiger partial charge in [0.15, 0.2) is 5.78 Å². The van der Waals surface area contributed by atoms with E-state index in [4.69, 9.17) is 10.5 Å². The number of esters is 1. The molecular weight excluding hydrogens is 260 g/mol. The van der Waals surface area contributed by atoms with E-state index >= 15 is 0 Å². The van der Waals surface area contributed by atoms with Crippen molar-refractivity contribution in [3.63, 3.8) is 0 Å². The molecule has 0 saturated heterocycles. The lowest BCUT2D eigenvalue weighted by Crippen LogP contribution is -2.30. The Labute approximate surface area is 117 Å². The number of amides is 2. The number of unbranched alkanes of at least 4 members (excludes halogenated alkanes) is 1. The number of nitrogens with two attached hydrogens (primary N) is 1. The van der Waals surface area contributed by atoms with Gasteiger partial charge < -0.3 is 15.8 Å². The number of carbonyl (C=O) groups is 3. The molecule has 0 aliphatic heterocycles. The van der Waals surface area contributed by atoms with Gasteiger partial charge in [0.1, 0.15) is 5.75 Å². The Hall–Kier alpha value is -2.37. The molecule has 0 aliphatic carbocycles. The van der Waals surface area contributed by atoms with Crippen molar-refractivity contribution in [2.75, 3.05) is 6.54 Å². The van der Waals surface area contributed by atoms with E-state index in [0.29, 0.717) is 30.7 Å². The van der Waals surface area contributed by atoms with Crippen molar-refractivity contribution in [3.8, 4) is 5.75 Å². The largest absolute Gasteiger partial charge is 0.427 e. The highest BCUT2D eigenvalue weighted by molar-refractivity contribution is 5.94. The van der Waals surface area contributed by atoms with Crippen molar-refractivity contribution >= 4 is 17.8 Å². The third kappa shape index (κ3) is 5.99. The molecule has 0 aromatic heterocycles. The van der Waals surface area contributed by atoms with Gasteiger partial charge in [-0.25, -0.2) is 4.79 Å². The number of carbonyl (C=O) groups excluding carboxylic acids is 3. The first-order valence-corrected chi connectivity index (χ1v) is 6.34. The number of nitrogens with one attached hydrogen (secondary N) is 1. The number of rotatable bonds is 7. The standard InChI is InChI=1S/C14H18N2O4/c1-10(17)11-5-7-12(8-6-11)20-13(18)4-2-3-9-16-14(15)19/h5-8H,2-4,9H2,1H3,(H3,15,16,19). The van der Waals surface area contributed by atoms with Gasteiger partial charge >= 0.3 is 12.0 Å². The number of hydrogen-bond donors (Lipinski definition) is 2. The highest BCUT2D eigenvalue weighted by Gasteiger charge is 2.06. The van der Waals surface area contributed by atoms with Gasteiger partial charge in [-0.3, -0.25) is 9.59 Å². The SMILES string of the molecule is CC(=O)c1ccc(OC(=O)CCCCNC(N)=O)cc1. The predicted molar refractivity (Wildman–Crippen MR) is 73.5 cm³/mol. The summed E-state index contributed by atoms with van der Waals surface area (Å²) in [7, 11) is 0. The molecule has 1 rings (SSSR count). The highest BCUT2D eigenvalue weighted by Crippen LogP contribution is 2.13. The van der Waals surface area contributed by atoms with E-state index in [9.17, 15) is 14.4 Å². The summed E-state index contributed by atoms with van der Waals surface area (Å²) < 4.78 is 5.11. The minimum absolute atomic E-state index is 0.0372. The summed E-state index contributed by atoms with van der Waals surface area (Å²) in [5, 5.41) is 2.44. The molecule has 108 valence electrons. The molecule has 0 bridgehead atoms. The highest BCUT2D eigenvalue weighted by atomic mass is 16.5. The van der Waals surface area contributed by atoms with Crippen LogP contribution >= 0.6 is 0 Å². The molecule has 0 atom stereocenters. The Morgan fingerprint density at radius 2 is 1.80 bits per heavy atom. The van der Waals surface area contributed by atoms with E-state index in [0.717, 1.165) is 0 Å². The van der Waals surface area contributed by atoms with E-state index in [1.165, 1.54) is 6.92 Å². The number of ketones is 1. The van der Waals surface area contributed by atoms with E-state index in [1.54, 1.807) is 24.3 Å². The van der Waals surface area contributed by atoms with Crippen molar-refractivity contribution in [2.45, 2.75) is 26.2 Å². The molecule has 6 heteroatoms. The minimum Gasteiger partial charge on any atom is -0.427 e. The molecule has 0 aliphatic rings. The first-order valence-electron chi connectivity index (χ1n) is 6.34. The second-order valence-electron chi connectivity index (χ2n) is 4.30. The summed E-state index contributed by atoms with van der Waals surface area (Å²) in [6.07, 6.45) is 1.51. The molecule has 6 nitrogen and oxygen atoms in total. The van der Waals surface area contributed by atoms with Gasteiger partial charge in [0, 0.05) is 18.5 Å². The third-order valence-corrected chi connectivity index (χ3v) is 2.60. The fraction of sp³-hybridized carbons (Fsp3) is 0.357. The van der Waals surface area contributed by atoms with Crippen LogP contribution in [0.15, 0.2) is 24.3 Å². The van der Waals surface area contributed by atoms with Gasteiger partial charge in [-0.05, 0) is 44.0 Å². The Morgan fingerprint density at radius 1 is 1.15 bits per heavy atom. The number of primary amides is 1. The first-order chi connectivity index (χ1) is 9.49. The summed E-state index contributed by atoms with van der Waals surface area (Å²) >= 11 is 0. The van der Waals surface area contributed by atoms with E-state index in [1.807, 2.05) is 0 Å². The van der Waals surface area contributed by atoms with Crippen LogP contribution in [0.25, 0.3) is 0 Å². The number of hydrogen-bond acceptors (Lipinski definition) is 4. The smallest absolute Gasteiger partial charge is 0.312 e. The van der Waals surface area contributed by atoms with Crippen LogP contribution in [-0.4, -0.2) is 24.3 Å². The molecule has 0 heterocycles. The van der Waals surface area contributed by atoms with Crippen molar-refractivity contribution in [2.24, 2.45) is 5.73 Å². The quantitative estimate of drug-likeness (QED) is 0.343. The van der Waals surface area contributed by atoms with Gasteiger partial charge in [0.25, 0.3) is 0 Å². The van der Waals surface area contributed by atoms with Gasteiger partial charge in [-0.15, -0.1) is 0 Å². The van der Waals surface area contributed by atoms with Crippen LogP contribution in [0.3, 0.4) is 0 Å². The van der Waals surface area contributed by atoms with Crippen LogP contribution in [0.4, 0.5) is 4.79 Å². The molecule has 0 unspecified atom stereocenters. The van der Waals surface area contributed by atoms with Crippen molar-refractivity contribution in [1.82, 2.24) is 5.32 Å². The lowest BCUT2D eigenvalue weighted by atomic mass is 10.1. The normalized spacial score (nSPS) is 9.85. The summed E-state index contributed by atoms with van der Waals surface area (Å²) in [6, 6.07) is 5.83. The van der Waals surface area contributed by atoms with Crippen molar-refractivity contribution in [1.29, 1.82) is 0 Å². The van der Waals surface area contributed by atoms with Crippen LogP contribution in [-0.2, 0) is 4.79 Å². The zero-order valence-corrected chi connectivity index (χ0v) is 11.3. The van der Waals surface area contributed by atoms with E-state index < -0.39 is 6.03 Å². The maximum atomic E-state index is 11.5. The number of Topliss-reactive ketones (excluding diaryl/α,β-unsaturated/α-hetero) is 1. The average Bonchev–Trinajstić information content (AvgIpc) is 2.38. The van der Waals surface area contributed by atoms with E-state index in [-0.39, 0.29) is 18.2 Å². The maximum absolute atomic E-state index is 11.5. The maximum Gasteiger partial charge on any atom is 0.312 e. The molecule has 1 aromatic carbocycles. The zero-order chi connectivity index (χ0) is 15.0. The Morgan fingerprint density at radius 3 is 2.35 bits per heavy atom. The lowest BCUT2D eigenvalue weighted by molar-refractivity contribution is -0.134.